The minimum atomic E-state index is 0. The highest BCUT2D eigenvalue weighted by molar-refractivity contribution is 5.12. The van der Waals surface area contributed by atoms with Gasteiger partial charge >= 0.3 is 0 Å². The second kappa shape index (κ2) is 15.3. The standard InChI is InChI=1S/2C20H34.4H2/c2*1-15-3-7-17(8-4-15)19-11-13-20(14-12-19)18-9-5-16(2)6-10-18;;;;/h11,15-18,20H,3-10,12-14H2,1-2H3;7,15-16,18-20H,3-6,8-14H2,1-2H3;4*1H. The molecule has 6 aliphatic rings. The first-order valence-electron chi connectivity index (χ1n) is 18.8. The van der Waals surface area contributed by atoms with Crippen LogP contribution in [0.25, 0.3) is 0 Å². The summed E-state index contributed by atoms with van der Waals surface area (Å²) in [6, 6.07) is 0. The van der Waals surface area contributed by atoms with Gasteiger partial charge in [-0.05, 0) is 162 Å². The van der Waals surface area contributed by atoms with E-state index in [-0.39, 0.29) is 5.71 Å². The minimum absolute atomic E-state index is 0. The Morgan fingerprint density at radius 1 is 0.375 bits per heavy atom. The summed E-state index contributed by atoms with van der Waals surface area (Å²) in [7, 11) is 0. The first-order valence-corrected chi connectivity index (χ1v) is 18.8. The summed E-state index contributed by atoms with van der Waals surface area (Å²) in [5, 5.41) is 0. The maximum Gasteiger partial charge on any atom is 0 e. The van der Waals surface area contributed by atoms with Crippen LogP contribution in [0.15, 0.2) is 23.3 Å². The molecule has 0 aliphatic heterocycles. The lowest BCUT2D eigenvalue weighted by Crippen LogP contribution is -2.26. The Kier molecular flexibility index (Phi) is 11.8. The maximum atomic E-state index is 2.69. The zero-order valence-corrected chi connectivity index (χ0v) is 27.5. The third kappa shape index (κ3) is 8.75. The molecule has 0 heterocycles. The van der Waals surface area contributed by atoms with E-state index in [0.29, 0.717) is 0 Å². The first kappa shape index (κ1) is 30.9. The second-order valence-electron chi connectivity index (χ2n) is 16.6. The maximum absolute atomic E-state index is 2.69. The zero-order valence-electron chi connectivity index (χ0n) is 27.5. The van der Waals surface area contributed by atoms with E-state index in [1.165, 1.54) is 141 Å². The molecule has 0 nitrogen and oxygen atoms in total. The average Bonchev–Trinajstić information content (AvgIpc) is 2.99. The highest BCUT2D eigenvalue weighted by atomic mass is 14.4. The van der Waals surface area contributed by atoms with Gasteiger partial charge in [0, 0.05) is 5.71 Å². The molecule has 0 radical (unpaired) electrons. The molecule has 2 unspecified atom stereocenters. The van der Waals surface area contributed by atoms with Crippen molar-refractivity contribution in [3.8, 4) is 0 Å². The van der Waals surface area contributed by atoms with Crippen molar-refractivity contribution in [2.75, 3.05) is 0 Å². The molecule has 4 fully saturated rings. The lowest BCUT2D eigenvalue weighted by atomic mass is 9.67. The molecule has 40 heavy (non-hydrogen) atoms. The molecule has 0 aromatic rings. The monoisotopic (exact) mass is 557 g/mol. The van der Waals surface area contributed by atoms with Crippen LogP contribution in [0.3, 0.4) is 0 Å². The molecule has 0 aromatic heterocycles. The van der Waals surface area contributed by atoms with Gasteiger partial charge in [-0.25, -0.2) is 0 Å². The largest absolute Gasteiger partial charge is 0.0848 e. The molecular weight excluding hydrogens is 480 g/mol. The molecule has 0 amide bonds. The van der Waals surface area contributed by atoms with Crippen LogP contribution in [0.2, 0.25) is 0 Å². The smallest absolute Gasteiger partial charge is 0 e. The number of allylic oxidation sites excluding steroid dienone is 4. The molecule has 0 spiro atoms. The fourth-order valence-electron chi connectivity index (χ4n) is 10.1. The fourth-order valence-corrected chi connectivity index (χ4v) is 10.1. The van der Waals surface area contributed by atoms with Gasteiger partial charge in [0.05, 0.1) is 0 Å². The average molecular weight is 557 g/mol. The van der Waals surface area contributed by atoms with E-state index < -0.39 is 0 Å². The Balaban J connectivity index is 0.000000403. The zero-order chi connectivity index (χ0) is 27.9. The second-order valence-corrected chi connectivity index (χ2v) is 16.6. The Hall–Kier alpha value is -0.520. The van der Waals surface area contributed by atoms with E-state index >= 15 is 0 Å². The molecule has 0 heteroatoms. The topological polar surface area (TPSA) is 0 Å². The van der Waals surface area contributed by atoms with Crippen molar-refractivity contribution >= 4 is 0 Å². The Labute approximate surface area is 257 Å². The predicted molar refractivity (Wildman–Crippen MR) is 184 cm³/mol. The summed E-state index contributed by atoms with van der Waals surface area (Å²) >= 11 is 0. The Bertz CT molecular complexity index is 803. The third-order valence-electron chi connectivity index (χ3n) is 13.5. The highest BCUT2D eigenvalue weighted by Gasteiger charge is 2.32. The van der Waals surface area contributed by atoms with Crippen molar-refractivity contribution < 1.29 is 5.71 Å². The van der Waals surface area contributed by atoms with Crippen molar-refractivity contribution in [1.82, 2.24) is 0 Å². The molecule has 0 aromatic carbocycles. The van der Waals surface area contributed by atoms with Crippen LogP contribution in [-0.4, -0.2) is 0 Å². The molecule has 6 aliphatic carbocycles. The van der Waals surface area contributed by atoms with Crippen molar-refractivity contribution in [3.05, 3.63) is 23.3 Å². The molecule has 4 saturated carbocycles. The molecule has 0 saturated heterocycles. The van der Waals surface area contributed by atoms with E-state index in [1.54, 1.807) is 0 Å². The number of rotatable bonds is 4. The van der Waals surface area contributed by atoms with Crippen LogP contribution in [0.1, 0.15) is 175 Å². The molecular formula is C40H76. The van der Waals surface area contributed by atoms with Gasteiger partial charge in [-0.1, -0.05) is 89.5 Å². The lowest BCUT2D eigenvalue weighted by Gasteiger charge is -2.38. The number of hydrogen-bond acceptors (Lipinski definition) is 0. The van der Waals surface area contributed by atoms with E-state index in [2.05, 4.69) is 39.8 Å². The van der Waals surface area contributed by atoms with Gasteiger partial charge in [0.15, 0.2) is 0 Å². The van der Waals surface area contributed by atoms with Crippen molar-refractivity contribution in [2.45, 2.75) is 169 Å². The van der Waals surface area contributed by atoms with Crippen LogP contribution < -0.4 is 0 Å². The SMILES string of the molecule is CC1CC=C(C2CCC(C3CCC(C)CC3)CC2)CC1.CC1CCC(C2=CCC(C3CCC(C)CC3)CC2)CC1.[HH].[HH].[HH].[HH]. The summed E-state index contributed by atoms with van der Waals surface area (Å²) in [5.74, 6) is 10.2. The van der Waals surface area contributed by atoms with Crippen molar-refractivity contribution in [2.24, 2.45) is 59.2 Å². The van der Waals surface area contributed by atoms with Crippen molar-refractivity contribution in [1.29, 1.82) is 0 Å². The van der Waals surface area contributed by atoms with Gasteiger partial charge in [-0.2, -0.15) is 0 Å². The van der Waals surface area contributed by atoms with E-state index in [0.717, 1.165) is 59.2 Å². The van der Waals surface area contributed by atoms with Gasteiger partial charge in [-0.15, -0.1) is 0 Å². The summed E-state index contributed by atoms with van der Waals surface area (Å²) in [6.07, 6.45) is 38.0. The molecule has 2 atom stereocenters. The summed E-state index contributed by atoms with van der Waals surface area (Å²) in [6.45, 7) is 9.74. The van der Waals surface area contributed by atoms with Gasteiger partial charge in [0.2, 0.25) is 0 Å². The highest BCUT2D eigenvalue weighted by Crippen LogP contribution is 2.45. The molecule has 6 rings (SSSR count). The van der Waals surface area contributed by atoms with Crippen LogP contribution in [0.5, 0.6) is 0 Å². The summed E-state index contributed by atoms with van der Waals surface area (Å²) < 4.78 is 0. The van der Waals surface area contributed by atoms with E-state index in [9.17, 15) is 0 Å². The van der Waals surface area contributed by atoms with Crippen LogP contribution >= 0.6 is 0 Å². The van der Waals surface area contributed by atoms with Crippen molar-refractivity contribution in [3.63, 3.8) is 0 Å². The number of hydrogen-bond donors (Lipinski definition) is 0. The molecule has 0 N–H and O–H groups in total. The minimum Gasteiger partial charge on any atom is -0.0848 e. The Morgan fingerprint density at radius 2 is 0.750 bits per heavy atom. The normalized spacial score (nSPS) is 43.1. The van der Waals surface area contributed by atoms with Gasteiger partial charge in [-0.3, -0.25) is 0 Å². The van der Waals surface area contributed by atoms with Gasteiger partial charge < -0.3 is 0 Å². The van der Waals surface area contributed by atoms with Gasteiger partial charge in [0.25, 0.3) is 0 Å². The molecule has 0 bridgehead atoms. The van der Waals surface area contributed by atoms with Gasteiger partial charge in [0.1, 0.15) is 0 Å². The fraction of sp³-hybridized carbons (Fsp3) is 0.900. The molecule has 236 valence electrons. The first-order chi connectivity index (χ1) is 19.4. The predicted octanol–water partition coefficient (Wildman–Crippen LogP) is 13.7. The summed E-state index contributed by atoms with van der Waals surface area (Å²) in [4.78, 5) is 0. The van der Waals surface area contributed by atoms with Crippen LogP contribution in [0, 0.1) is 59.2 Å². The summed E-state index contributed by atoms with van der Waals surface area (Å²) in [5.41, 5.74) is 3.70. The van der Waals surface area contributed by atoms with Crippen LogP contribution in [0.4, 0.5) is 0 Å². The third-order valence-corrected chi connectivity index (χ3v) is 13.5. The quantitative estimate of drug-likeness (QED) is 0.302. The van der Waals surface area contributed by atoms with E-state index in [4.69, 9.17) is 0 Å². The lowest BCUT2D eigenvalue weighted by molar-refractivity contribution is 0.156. The Morgan fingerprint density at radius 3 is 1.18 bits per heavy atom. The van der Waals surface area contributed by atoms with E-state index in [1.807, 2.05) is 11.1 Å². The van der Waals surface area contributed by atoms with Crippen LogP contribution in [-0.2, 0) is 0 Å².